The molecule has 0 spiro atoms. The predicted octanol–water partition coefficient (Wildman–Crippen LogP) is 2.23. The molecule has 1 fully saturated rings. The first-order valence-corrected chi connectivity index (χ1v) is 8.33. The van der Waals surface area contributed by atoms with Crippen molar-refractivity contribution in [1.82, 2.24) is 4.31 Å². The van der Waals surface area contributed by atoms with Crippen molar-refractivity contribution in [1.29, 1.82) is 0 Å². The maximum atomic E-state index is 12.5. The summed E-state index contributed by atoms with van der Waals surface area (Å²) in [6.45, 7) is 5.05. The molecule has 0 aromatic carbocycles. The number of hydrogen-bond acceptors (Lipinski definition) is 4. The Morgan fingerprint density at radius 2 is 2.29 bits per heavy atom. The molecule has 1 saturated heterocycles. The Morgan fingerprint density at radius 3 is 2.82 bits per heavy atom. The molecule has 96 valence electrons. The summed E-state index contributed by atoms with van der Waals surface area (Å²) < 4.78 is 32.6. The van der Waals surface area contributed by atoms with Crippen LogP contribution in [0.4, 0.5) is 0 Å². The number of halogens is 1. The van der Waals surface area contributed by atoms with E-state index in [1.54, 1.807) is 6.07 Å². The van der Waals surface area contributed by atoms with E-state index in [1.165, 1.54) is 15.6 Å². The van der Waals surface area contributed by atoms with E-state index in [2.05, 4.69) is 15.9 Å². The van der Waals surface area contributed by atoms with E-state index >= 15 is 0 Å². The van der Waals surface area contributed by atoms with Crippen LogP contribution in [0.3, 0.4) is 0 Å². The summed E-state index contributed by atoms with van der Waals surface area (Å²) in [4.78, 5) is 1.22. The van der Waals surface area contributed by atoms with Crippen LogP contribution in [-0.4, -0.2) is 38.5 Å². The number of aryl methyl sites for hydroxylation is 1. The Balaban J connectivity index is 2.39. The lowest BCUT2D eigenvalue weighted by molar-refractivity contribution is 0.0392. The predicted molar refractivity (Wildman–Crippen MR) is 70.9 cm³/mol. The Hall–Kier alpha value is 0.0500. The van der Waals surface area contributed by atoms with Crippen LogP contribution in [-0.2, 0) is 14.8 Å². The van der Waals surface area contributed by atoms with Crippen LogP contribution in [0.25, 0.3) is 0 Å². The molecule has 1 aliphatic rings. The number of morpholine rings is 1. The minimum absolute atomic E-state index is 0.105. The van der Waals surface area contributed by atoms with Crippen molar-refractivity contribution in [2.24, 2.45) is 0 Å². The van der Waals surface area contributed by atoms with E-state index in [0.29, 0.717) is 24.7 Å². The normalized spacial score (nSPS) is 22.9. The maximum absolute atomic E-state index is 12.5. The fraction of sp³-hybridized carbons (Fsp3) is 0.600. The summed E-state index contributed by atoms with van der Waals surface area (Å²) in [5, 5.41) is 0. The zero-order chi connectivity index (χ0) is 12.6. The average molecular weight is 340 g/mol. The van der Waals surface area contributed by atoms with E-state index in [1.807, 2.05) is 13.8 Å². The van der Waals surface area contributed by atoms with Crippen LogP contribution in [0.15, 0.2) is 14.7 Å². The van der Waals surface area contributed by atoms with Crippen molar-refractivity contribution in [3.63, 3.8) is 0 Å². The monoisotopic (exact) mass is 339 g/mol. The topological polar surface area (TPSA) is 46.6 Å². The van der Waals surface area contributed by atoms with Crippen LogP contribution >= 0.6 is 27.3 Å². The molecule has 1 aliphatic heterocycles. The van der Waals surface area contributed by atoms with Crippen molar-refractivity contribution in [3.05, 3.63) is 14.7 Å². The third-order valence-corrected chi connectivity index (χ3v) is 6.56. The van der Waals surface area contributed by atoms with Gasteiger partial charge in [-0.1, -0.05) is 0 Å². The zero-order valence-corrected chi connectivity index (χ0v) is 12.9. The number of hydrogen-bond donors (Lipinski definition) is 0. The number of rotatable bonds is 2. The molecule has 0 bridgehead atoms. The van der Waals surface area contributed by atoms with Gasteiger partial charge in [0.05, 0.1) is 21.9 Å². The van der Waals surface area contributed by atoms with Gasteiger partial charge >= 0.3 is 0 Å². The molecule has 2 rings (SSSR count). The molecule has 0 aliphatic carbocycles. The molecule has 7 heteroatoms. The first-order valence-electron chi connectivity index (χ1n) is 5.28. The first-order chi connectivity index (χ1) is 7.93. The van der Waals surface area contributed by atoms with Gasteiger partial charge in [-0.2, -0.15) is 4.31 Å². The first kappa shape index (κ1) is 13.5. The highest BCUT2D eigenvalue weighted by Gasteiger charge is 2.33. The van der Waals surface area contributed by atoms with Crippen LogP contribution in [0.2, 0.25) is 0 Å². The molecule has 0 saturated carbocycles. The number of thiophene rings is 1. The third-order valence-electron chi connectivity index (χ3n) is 2.74. The molecule has 1 aromatic heterocycles. The SMILES string of the molecule is Cc1sc(Br)cc1S(=O)(=O)N1CCOC[C@H]1C. The van der Waals surface area contributed by atoms with Crippen LogP contribution in [0, 0.1) is 6.92 Å². The van der Waals surface area contributed by atoms with Crippen LogP contribution < -0.4 is 0 Å². The fourth-order valence-electron chi connectivity index (χ4n) is 1.88. The van der Waals surface area contributed by atoms with Gasteiger partial charge in [0.2, 0.25) is 10.0 Å². The van der Waals surface area contributed by atoms with Gasteiger partial charge in [-0.15, -0.1) is 11.3 Å². The lowest BCUT2D eigenvalue weighted by Gasteiger charge is -2.32. The summed E-state index contributed by atoms with van der Waals surface area (Å²) in [7, 11) is -3.39. The standard InChI is InChI=1S/C10H14BrNO3S2/c1-7-6-15-4-3-12(7)17(13,14)9-5-10(11)16-8(9)2/h5,7H,3-4,6H2,1-2H3/t7-/m1/s1. The number of ether oxygens (including phenoxy) is 1. The minimum Gasteiger partial charge on any atom is -0.378 e. The summed E-state index contributed by atoms with van der Waals surface area (Å²) in [6, 6.07) is 1.57. The van der Waals surface area contributed by atoms with Crippen molar-refractivity contribution in [2.75, 3.05) is 19.8 Å². The third kappa shape index (κ3) is 2.58. The largest absolute Gasteiger partial charge is 0.378 e. The van der Waals surface area contributed by atoms with E-state index < -0.39 is 10.0 Å². The van der Waals surface area contributed by atoms with Gasteiger partial charge in [-0.25, -0.2) is 8.42 Å². The molecule has 0 N–H and O–H groups in total. The van der Waals surface area contributed by atoms with Crippen LogP contribution in [0.1, 0.15) is 11.8 Å². The highest BCUT2D eigenvalue weighted by molar-refractivity contribution is 9.11. The van der Waals surface area contributed by atoms with Gasteiger partial charge < -0.3 is 4.74 Å². The lowest BCUT2D eigenvalue weighted by Crippen LogP contribution is -2.46. The Morgan fingerprint density at radius 1 is 1.59 bits per heavy atom. The molecule has 1 atom stereocenters. The Bertz CT molecular complexity index is 512. The highest BCUT2D eigenvalue weighted by Crippen LogP contribution is 2.32. The van der Waals surface area contributed by atoms with Crippen molar-refractivity contribution < 1.29 is 13.2 Å². The quantitative estimate of drug-likeness (QED) is 0.829. The molecule has 2 heterocycles. The average Bonchev–Trinajstić information content (AvgIpc) is 2.59. The highest BCUT2D eigenvalue weighted by atomic mass is 79.9. The van der Waals surface area contributed by atoms with E-state index in [4.69, 9.17) is 4.74 Å². The Kier molecular flexibility index (Phi) is 3.94. The van der Waals surface area contributed by atoms with Gasteiger partial charge in [-0.05, 0) is 35.8 Å². The van der Waals surface area contributed by atoms with Gasteiger partial charge in [-0.3, -0.25) is 0 Å². The summed E-state index contributed by atoms with van der Waals surface area (Å²) in [5.74, 6) is 0. The number of sulfonamides is 1. The Labute approximate surface area is 114 Å². The second-order valence-corrected chi connectivity index (χ2v) is 8.51. The molecule has 0 unspecified atom stereocenters. The summed E-state index contributed by atoms with van der Waals surface area (Å²) in [6.07, 6.45) is 0. The van der Waals surface area contributed by atoms with Gasteiger partial charge in [0.15, 0.2) is 0 Å². The molecular formula is C10H14BrNO3S2. The van der Waals surface area contributed by atoms with E-state index in [-0.39, 0.29) is 6.04 Å². The van der Waals surface area contributed by atoms with Gasteiger partial charge in [0, 0.05) is 17.5 Å². The minimum atomic E-state index is -3.39. The maximum Gasteiger partial charge on any atom is 0.244 e. The molecular weight excluding hydrogens is 326 g/mol. The molecule has 0 amide bonds. The second kappa shape index (κ2) is 4.97. The van der Waals surface area contributed by atoms with Crippen molar-refractivity contribution >= 4 is 37.3 Å². The van der Waals surface area contributed by atoms with Crippen molar-refractivity contribution in [3.8, 4) is 0 Å². The van der Waals surface area contributed by atoms with Gasteiger partial charge in [0.25, 0.3) is 0 Å². The smallest absolute Gasteiger partial charge is 0.244 e. The van der Waals surface area contributed by atoms with E-state index in [0.717, 1.165) is 8.66 Å². The number of nitrogens with zero attached hydrogens (tertiary/aromatic N) is 1. The second-order valence-electron chi connectivity index (χ2n) is 4.01. The summed E-state index contributed by atoms with van der Waals surface area (Å²) >= 11 is 4.77. The molecule has 0 radical (unpaired) electrons. The van der Waals surface area contributed by atoms with Crippen LogP contribution in [0.5, 0.6) is 0 Å². The van der Waals surface area contributed by atoms with Gasteiger partial charge in [0.1, 0.15) is 0 Å². The van der Waals surface area contributed by atoms with E-state index in [9.17, 15) is 8.42 Å². The zero-order valence-electron chi connectivity index (χ0n) is 9.64. The molecule has 1 aromatic rings. The fourth-order valence-corrected chi connectivity index (χ4v) is 5.87. The van der Waals surface area contributed by atoms with Crippen molar-refractivity contribution in [2.45, 2.75) is 24.8 Å². The summed E-state index contributed by atoms with van der Waals surface area (Å²) in [5.41, 5.74) is 0. The molecule has 4 nitrogen and oxygen atoms in total. The molecule has 17 heavy (non-hydrogen) atoms. The lowest BCUT2D eigenvalue weighted by atomic mass is 10.3.